The van der Waals surface area contributed by atoms with Gasteiger partial charge in [-0.25, -0.2) is 8.78 Å². The number of aromatic nitrogens is 2. The molecule has 0 aliphatic heterocycles. The third-order valence-corrected chi connectivity index (χ3v) is 3.69. The quantitative estimate of drug-likeness (QED) is 0.725. The maximum Gasteiger partial charge on any atom is 0.250 e. The fraction of sp³-hybridized carbons (Fsp3) is 0. The molecule has 0 radical (unpaired) electrons. The van der Waals surface area contributed by atoms with Gasteiger partial charge < -0.3 is 0 Å². The van der Waals surface area contributed by atoms with E-state index in [-0.39, 0.29) is 17.5 Å². The summed E-state index contributed by atoms with van der Waals surface area (Å²) in [6.07, 6.45) is 2.89. The maximum atomic E-state index is 12.9. The van der Waals surface area contributed by atoms with Gasteiger partial charge in [0.15, 0.2) is 5.82 Å². The zero-order valence-electron chi connectivity index (χ0n) is 12.2. The molecule has 0 fully saturated rings. The number of halogens is 2. The molecular weight excluding hydrogens is 332 g/mol. The number of carbonyl (C=O) groups excluding carboxylic acids is 1. The monoisotopic (exact) mass is 343 g/mol. The van der Waals surface area contributed by atoms with Crippen molar-refractivity contribution in [2.75, 3.05) is 5.32 Å². The molecule has 24 heavy (non-hydrogen) atoms. The molecule has 3 rings (SSSR count). The first-order valence-corrected chi connectivity index (χ1v) is 7.72. The number of nitrogens with one attached hydrogen (secondary N) is 1. The molecule has 0 bridgehead atoms. The van der Waals surface area contributed by atoms with Crippen LogP contribution in [0, 0.1) is 11.6 Å². The van der Waals surface area contributed by atoms with E-state index < -0.39 is 0 Å². The molecule has 2 aromatic carbocycles. The van der Waals surface area contributed by atoms with E-state index in [1.807, 2.05) is 0 Å². The maximum absolute atomic E-state index is 12.9. The Hall–Kier alpha value is -2.93. The Kier molecular flexibility index (Phi) is 4.72. The lowest BCUT2D eigenvalue weighted by Gasteiger charge is -1.96. The minimum absolute atomic E-state index is 0.334. The van der Waals surface area contributed by atoms with E-state index in [0.29, 0.717) is 22.1 Å². The molecule has 7 heteroatoms. The molecular formula is C17H11F2N3OS. The Labute approximate surface area is 140 Å². The van der Waals surface area contributed by atoms with Gasteiger partial charge in [0.1, 0.15) is 11.6 Å². The van der Waals surface area contributed by atoms with Crippen LogP contribution in [0.1, 0.15) is 5.56 Å². The molecule has 4 nitrogen and oxygen atoms in total. The highest BCUT2D eigenvalue weighted by Gasteiger charge is 2.08. The molecule has 1 amide bonds. The first-order chi connectivity index (χ1) is 11.6. The van der Waals surface area contributed by atoms with E-state index in [9.17, 15) is 13.6 Å². The Balaban J connectivity index is 1.64. The number of anilines is 1. The zero-order chi connectivity index (χ0) is 16.9. The van der Waals surface area contributed by atoms with Gasteiger partial charge in [0.25, 0.3) is 0 Å². The molecule has 0 aliphatic rings. The van der Waals surface area contributed by atoms with Crippen molar-refractivity contribution in [2.24, 2.45) is 0 Å². The summed E-state index contributed by atoms with van der Waals surface area (Å²) in [7, 11) is 0. The topological polar surface area (TPSA) is 54.9 Å². The van der Waals surface area contributed by atoms with Crippen molar-refractivity contribution in [3.8, 4) is 11.4 Å². The van der Waals surface area contributed by atoms with Crippen molar-refractivity contribution in [1.29, 1.82) is 0 Å². The minimum atomic E-state index is -0.374. The number of hydrogen-bond donors (Lipinski definition) is 1. The molecule has 1 heterocycles. The fourth-order valence-corrected chi connectivity index (χ4v) is 2.48. The van der Waals surface area contributed by atoms with Gasteiger partial charge >= 0.3 is 0 Å². The summed E-state index contributed by atoms with van der Waals surface area (Å²) in [6, 6.07) is 11.5. The van der Waals surface area contributed by atoms with E-state index in [2.05, 4.69) is 14.7 Å². The molecule has 0 aliphatic carbocycles. The largest absolute Gasteiger partial charge is 0.297 e. The normalized spacial score (nSPS) is 10.9. The van der Waals surface area contributed by atoms with Gasteiger partial charge in [0.05, 0.1) is 0 Å². The van der Waals surface area contributed by atoms with Crippen LogP contribution in [-0.2, 0) is 4.79 Å². The molecule has 0 atom stereocenters. The molecule has 3 aromatic rings. The molecule has 0 spiro atoms. The van der Waals surface area contributed by atoms with Gasteiger partial charge in [-0.1, -0.05) is 12.1 Å². The van der Waals surface area contributed by atoms with Gasteiger partial charge in [-0.15, -0.1) is 0 Å². The molecule has 0 unspecified atom stereocenters. The van der Waals surface area contributed by atoms with Crippen molar-refractivity contribution in [1.82, 2.24) is 9.36 Å². The average Bonchev–Trinajstić information content (AvgIpc) is 3.03. The Bertz CT molecular complexity index is 874. The summed E-state index contributed by atoms with van der Waals surface area (Å²) in [4.78, 5) is 16.0. The van der Waals surface area contributed by atoms with Crippen LogP contribution in [0.5, 0.6) is 0 Å². The first-order valence-electron chi connectivity index (χ1n) is 6.94. The smallest absolute Gasteiger partial charge is 0.250 e. The number of nitrogens with zero attached hydrogens (tertiary/aromatic N) is 2. The van der Waals surface area contributed by atoms with Crippen LogP contribution in [0.2, 0.25) is 0 Å². The highest BCUT2D eigenvalue weighted by Crippen LogP contribution is 2.21. The van der Waals surface area contributed by atoms with E-state index in [4.69, 9.17) is 0 Å². The molecule has 1 N–H and O–H groups in total. The number of amides is 1. The van der Waals surface area contributed by atoms with Gasteiger partial charge in [0, 0.05) is 23.2 Å². The zero-order valence-corrected chi connectivity index (χ0v) is 13.1. The Morgan fingerprint density at radius 1 is 1.00 bits per heavy atom. The highest BCUT2D eigenvalue weighted by molar-refractivity contribution is 7.10. The van der Waals surface area contributed by atoms with Crippen LogP contribution < -0.4 is 5.32 Å². The number of benzene rings is 2. The minimum Gasteiger partial charge on any atom is -0.297 e. The predicted octanol–water partition coefficient (Wildman–Crippen LogP) is 4.14. The van der Waals surface area contributed by atoms with Gasteiger partial charge in [0.2, 0.25) is 11.0 Å². The second-order valence-corrected chi connectivity index (χ2v) is 5.56. The molecule has 1 aromatic heterocycles. The second-order valence-electron chi connectivity index (χ2n) is 4.80. The van der Waals surface area contributed by atoms with Crippen molar-refractivity contribution in [2.45, 2.75) is 0 Å². The number of hydrogen-bond acceptors (Lipinski definition) is 4. The van der Waals surface area contributed by atoms with Crippen LogP contribution in [0.25, 0.3) is 17.5 Å². The van der Waals surface area contributed by atoms with E-state index >= 15 is 0 Å². The number of rotatable bonds is 4. The van der Waals surface area contributed by atoms with E-state index in [0.717, 1.165) is 11.5 Å². The van der Waals surface area contributed by atoms with Crippen molar-refractivity contribution in [3.05, 3.63) is 71.8 Å². The predicted molar refractivity (Wildman–Crippen MR) is 89.4 cm³/mol. The van der Waals surface area contributed by atoms with Crippen LogP contribution in [0.15, 0.2) is 54.6 Å². The Morgan fingerprint density at radius 3 is 2.29 bits per heavy atom. The number of carbonyl (C=O) groups is 1. The summed E-state index contributed by atoms with van der Waals surface area (Å²) in [5.41, 5.74) is 1.37. The molecule has 0 saturated heterocycles. The Morgan fingerprint density at radius 2 is 1.62 bits per heavy atom. The summed E-state index contributed by atoms with van der Waals surface area (Å²) < 4.78 is 29.8. The van der Waals surface area contributed by atoms with Gasteiger partial charge in [-0.05, 0) is 48.0 Å². The first kappa shape index (κ1) is 15.9. The summed E-state index contributed by atoms with van der Waals surface area (Å²) in [5, 5.41) is 2.93. The highest BCUT2D eigenvalue weighted by atomic mass is 32.1. The van der Waals surface area contributed by atoms with Crippen molar-refractivity contribution >= 4 is 28.6 Å². The van der Waals surface area contributed by atoms with Crippen LogP contribution in [0.4, 0.5) is 13.9 Å². The van der Waals surface area contributed by atoms with Crippen LogP contribution in [0.3, 0.4) is 0 Å². The van der Waals surface area contributed by atoms with Crippen LogP contribution >= 0.6 is 11.5 Å². The summed E-state index contributed by atoms with van der Waals surface area (Å²) in [5.74, 6) is -0.633. The second kappa shape index (κ2) is 7.10. The average molecular weight is 343 g/mol. The third kappa shape index (κ3) is 4.08. The third-order valence-electron chi connectivity index (χ3n) is 3.06. The SMILES string of the molecule is O=C(/C=C/c1ccc(F)cc1)Nc1nc(-c2ccc(F)cc2)ns1. The lowest BCUT2D eigenvalue weighted by molar-refractivity contribution is -0.111. The van der Waals surface area contributed by atoms with E-state index in [1.54, 1.807) is 30.3 Å². The molecule has 120 valence electrons. The van der Waals surface area contributed by atoms with Gasteiger partial charge in [-0.3, -0.25) is 10.1 Å². The lowest BCUT2D eigenvalue weighted by atomic mass is 10.2. The van der Waals surface area contributed by atoms with E-state index in [1.165, 1.54) is 30.3 Å². The summed E-state index contributed by atoms with van der Waals surface area (Å²) in [6.45, 7) is 0. The van der Waals surface area contributed by atoms with Crippen LogP contribution in [-0.4, -0.2) is 15.3 Å². The van der Waals surface area contributed by atoms with Gasteiger partial charge in [-0.2, -0.15) is 9.36 Å². The molecule has 0 saturated carbocycles. The van der Waals surface area contributed by atoms with Crippen molar-refractivity contribution in [3.63, 3.8) is 0 Å². The standard InChI is InChI=1S/C17H11F2N3OS/c18-13-6-1-11(2-7-13)3-10-15(23)20-17-21-16(22-24-17)12-4-8-14(19)9-5-12/h1-10H,(H,20,21,22,23)/b10-3+. The van der Waals surface area contributed by atoms with Crippen molar-refractivity contribution < 1.29 is 13.6 Å². The fourth-order valence-electron chi connectivity index (χ4n) is 1.88. The lowest BCUT2D eigenvalue weighted by Crippen LogP contribution is -2.07. The summed E-state index contributed by atoms with van der Waals surface area (Å²) >= 11 is 1.03.